The van der Waals surface area contributed by atoms with Crippen molar-refractivity contribution >= 4 is 23.8 Å². The van der Waals surface area contributed by atoms with Gasteiger partial charge in [0.1, 0.15) is 0 Å². The van der Waals surface area contributed by atoms with Gasteiger partial charge in [-0.3, -0.25) is 0 Å². The molecule has 0 aliphatic heterocycles. The molecule has 0 N–H and O–H groups in total. The first-order valence-electron chi connectivity index (χ1n) is 12.6. The van der Waals surface area contributed by atoms with Crippen molar-refractivity contribution in [1.82, 2.24) is 0 Å². The zero-order valence-electron chi connectivity index (χ0n) is 20.5. The van der Waals surface area contributed by atoms with Gasteiger partial charge in [-0.2, -0.15) is 0 Å². The van der Waals surface area contributed by atoms with Crippen LogP contribution in [0.5, 0.6) is 0 Å². The van der Waals surface area contributed by atoms with Crippen LogP contribution < -0.4 is 15.9 Å². The van der Waals surface area contributed by atoms with E-state index in [2.05, 4.69) is 164 Å². The summed E-state index contributed by atoms with van der Waals surface area (Å²) in [6, 6.07) is 59.2. The van der Waals surface area contributed by atoms with Gasteiger partial charge in [0.25, 0.3) is 0 Å². The maximum atomic E-state index is 2.38. The fraction of sp³-hybridized carbons (Fsp3) is 0. The van der Waals surface area contributed by atoms with Crippen LogP contribution in [0.15, 0.2) is 164 Å². The van der Waals surface area contributed by atoms with Crippen LogP contribution in [0.4, 0.5) is 0 Å². The van der Waals surface area contributed by atoms with Crippen molar-refractivity contribution in [2.45, 2.75) is 0 Å². The topological polar surface area (TPSA) is 0 Å². The highest BCUT2D eigenvalue weighted by Crippen LogP contribution is 2.45. The minimum absolute atomic E-state index is 0.778. The summed E-state index contributed by atoms with van der Waals surface area (Å²) < 4.78 is 0. The van der Waals surface area contributed by atoms with Crippen molar-refractivity contribution in [3.63, 3.8) is 0 Å². The Labute approximate surface area is 220 Å². The third kappa shape index (κ3) is 4.77. The molecule has 6 aromatic rings. The van der Waals surface area contributed by atoms with E-state index in [4.69, 9.17) is 0 Å². The van der Waals surface area contributed by atoms with Gasteiger partial charge in [0, 0.05) is 0 Å². The molecule has 0 amide bonds. The minimum Gasteiger partial charge on any atom is -0.0622 e. The smallest absolute Gasteiger partial charge is 0.00155 e. The van der Waals surface area contributed by atoms with Crippen molar-refractivity contribution in [3.05, 3.63) is 164 Å². The van der Waals surface area contributed by atoms with Crippen LogP contribution in [0.1, 0.15) is 0 Å². The van der Waals surface area contributed by atoms with E-state index in [0.29, 0.717) is 0 Å². The number of hydrogen-bond acceptors (Lipinski definition) is 0. The predicted molar refractivity (Wildman–Crippen MR) is 161 cm³/mol. The van der Waals surface area contributed by atoms with Gasteiger partial charge < -0.3 is 0 Å². The molecule has 0 nitrogen and oxygen atoms in total. The summed E-state index contributed by atoms with van der Waals surface area (Å²) in [6.45, 7) is 0. The third-order valence-electron chi connectivity index (χ3n) is 6.66. The summed E-state index contributed by atoms with van der Waals surface area (Å²) in [7, 11) is -0.778. The maximum Gasteiger partial charge on any atom is -0.00155 e. The molecule has 0 bridgehead atoms. The van der Waals surface area contributed by atoms with Crippen molar-refractivity contribution in [2.24, 2.45) is 0 Å². The van der Waals surface area contributed by atoms with E-state index in [1.807, 2.05) is 0 Å². The first kappa shape index (κ1) is 23.2. The molecule has 176 valence electrons. The summed E-state index contributed by atoms with van der Waals surface area (Å²) in [5.74, 6) is 0. The maximum absolute atomic E-state index is 2.38. The molecule has 0 aromatic heterocycles. The molecule has 0 saturated heterocycles. The molecule has 0 aliphatic rings. The molecule has 1 heteroatoms. The van der Waals surface area contributed by atoms with Gasteiger partial charge in [-0.05, 0) is 57.2 Å². The largest absolute Gasteiger partial charge is 0.0622 e. The van der Waals surface area contributed by atoms with E-state index >= 15 is 0 Å². The van der Waals surface area contributed by atoms with E-state index in [-0.39, 0.29) is 0 Å². The van der Waals surface area contributed by atoms with Gasteiger partial charge in [0.05, 0.1) is 0 Å². The molecule has 0 radical (unpaired) electrons. The average Bonchev–Trinajstić information content (AvgIpc) is 2.99. The van der Waals surface area contributed by atoms with E-state index < -0.39 is 7.92 Å². The Morgan fingerprint density at radius 2 is 0.676 bits per heavy atom. The summed E-state index contributed by atoms with van der Waals surface area (Å²) in [4.78, 5) is 0. The molecule has 37 heavy (non-hydrogen) atoms. The Balaban J connectivity index is 1.73. The fourth-order valence-electron chi connectivity index (χ4n) is 5.02. The predicted octanol–water partition coefficient (Wildman–Crippen LogP) is 8.45. The Kier molecular flexibility index (Phi) is 6.76. The lowest BCUT2D eigenvalue weighted by Crippen LogP contribution is -2.22. The third-order valence-corrected chi connectivity index (χ3v) is 9.15. The van der Waals surface area contributed by atoms with E-state index in [1.165, 1.54) is 49.3 Å². The molecular formula is C36H27P. The molecule has 0 atom stereocenters. The van der Waals surface area contributed by atoms with Crippen LogP contribution in [-0.2, 0) is 0 Å². The fourth-order valence-corrected chi connectivity index (χ4v) is 7.50. The van der Waals surface area contributed by atoms with Crippen LogP contribution in [0, 0.1) is 0 Å². The van der Waals surface area contributed by atoms with Crippen LogP contribution in [0.25, 0.3) is 33.4 Å². The molecule has 0 saturated carbocycles. The highest BCUT2D eigenvalue weighted by Gasteiger charge is 2.25. The first-order chi connectivity index (χ1) is 18.4. The molecule has 0 heterocycles. The molecule has 0 aliphatic carbocycles. The van der Waals surface area contributed by atoms with Crippen LogP contribution in [0.2, 0.25) is 0 Å². The zero-order chi connectivity index (χ0) is 24.9. The first-order valence-corrected chi connectivity index (χ1v) is 14.0. The quantitative estimate of drug-likeness (QED) is 0.206. The van der Waals surface area contributed by atoms with Gasteiger partial charge in [-0.15, -0.1) is 0 Å². The van der Waals surface area contributed by atoms with Gasteiger partial charge in [0.2, 0.25) is 0 Å². The molecule has 0 fully saturated rings. The summed E-state index contributed by atoms with van der Waals surface area (Å²) in [5.41, 5.74) is 7.56. The minimum atomic E-state index is -0.778. The number of benzene rings is 6. The monoisotopic (exact) mass is 490 g/mol. The lowest BCUT2D eigenvalue weighted by molar-refractivity contribution is 1.57. The van der Waals surface area contributed by atoms with Crippen molar-refractivity contribution in [3.8, 4) is 33.4 Å². The summed E-state index contributed by atoms with van der Waals surface area (Å²) >= 11 is 0. The van der Waals surface area contributed by atoms with Gasteiger partial charge in [-0.1, -0.05) is 164 Å². The summed E-state index contributed by atoms with van der Waals surface area (Å²) in [5, 5.41) is 4.08. The van der Waals surface area contributed by atoms with Crippen LogP contribution >= 0.6 is 7.92 Å². The number of rotatable bonds is 6. The number of hydrogen-bond donors (Lipinski definition) is 0. The lowest BCUT2D eigenvalue weighted by atomic mass is 9.87. The second-order valence-electron chi connectivity index (χ2n) is 8.99. The zero-order valence-corrected chi connectivity index (χ0v) is 21.4. The van der Waals surface area contributed by atoms with E-state index in [0.717, 1.165) is 0 Å². The Morgan fingerprint density at radius 3 is 1.14 bits per heavy atom. The molecule has 0 spiro atoms. The summed E-state index contributed by atoms with van der Waals surface area (Å²) in [6.07, 6.45) is 0. The van der Waals surface area contributed by atoms with Crippen molar-refractivity contribution in [2.75, 3.05) is 0 Å². The van der Waals surface area contributed by atoms with Gasteiger partial charge in [-0.25, -0.2) is 0 Å². The highest BCUT2D eigenvalue weighted by molar-refractivity contribution is 7.80. The second kappa shape index (κ2) is 10.8. The van der Waals surface area contributed by atoms with Gasteiger partial charge >= 0.3 is 0 Å². The molecule has 0 unspecified atom stereocenters. The van der Waals surface area contributed by atoms with Crippen molar-refractivity contribution < 1.29 is 0 Å². The van der Waals surface area contributed by atoms with Crippen LogP contribution in [-0.4, -0.2) is 0 Å². The average molecular weight is 491 g/mol. The lowest BCUT2D eigenvalue weighted by Gasteiger charge is -2.26. The van der Waals surface area contributed by atoms with Crippen LogP contribution in [0.3, 0.4) is 0 Å². The standard InChI is InChI=1S/C36H27P/c1-6-16-28(17-7-1)33-26-27-34(37(31-22-12-4-13-23-31)32-24-14-5-15-25-32)36(30-20-10-3-11-21-30)35(33)29-18-8-2-9-19-29/h1-27H. The van der Waals surface area contributed by atoms with Gasteiger partial charge in [0.15, 0.2) is 0 Å². The normalized spacial score (nSPS) is 10.9. The SMILES string of the molecule is c1ccc(-c2ccc(P(c3ccccc3)c3ccccc3)c(-c3ccccc3)c2-c2ccccc2)cc1. The Morgan fingerprint density at radius 1 is 0.297 bits per heavy atom. The molecule has 6 rings (SSSR count). The Bertz CT molecular complexity index is 1540. The Hall–Kier alpha value is -4.25. The molecule has 6 aromatic carbocycles. The second-order valence-corrected chi connectivity index (χ2v) is 11.2. The molecular weight excluding hydrogens is 463 g/mol. The van der Waals surface area contributed by atoms with E-state index in [9.17, 15) is 0 Å². The van der Waals surface area contributed by atoms with Crippen molar-refractivity contribution in [1.29, 1.82) is 0 Å². The highest BCUT2D eigenvalue weighted by atomic mass is 31.1. The van der Waals surface area contributed by atoms with E-state index in [1.54, 1.807) is 0 Å².